The Labute approximate surface area is 120 Å². The van der Waals surface area contributed by atoms with Crippen LogP contribution in [0.3, 0.4) is 0 Å². The van der Waals surface area contributed by atoms with E-state index in [1.54, 1.807) is 12.1 Å². The lowest BCUT2D eigenvalue weighted by Gasteiger charge is -2.20. The molecule has 0 saturated carbocycles. The van der Waals surface area contributed by atoms with Gasteiger partial charge in [0.25, 0.3) is 5.91 Å². The highest BCUT2D eigenvalue weighted by atomic mass is 79.9. The van der Waals surface area contributed by atoms with E-state index >= 15 is 0 Å². The summed E-state index contributed by atoms with van der Waals surface area (Å²) in [6.07, 6.45) is 0. The van der Waals surface area contributed by atoms with E-state index in [2.05, 4.69) is 15.9 Å². The summed E-state index contributed by atoms with van der Waals surface area (Å²) in [5, 5.41) is 8.83. The molecule has 0 spiro atoms. The van der Waals surface area contributed by atoms with Crippen LogP contribution in [0.15, 0.2) is 22.7 Å². The van der Waals surface area contributed by atoms with Crippen molar-refractivity contribution >= 4 is 27.8 Å². The fourth-order valence-corrected chi connectivity index (χ4v) is 1.90. The maximum Gasteiger partial charge on any atom is 0.323 e. The Balaban J connectivity index is 2.90. The van der Waals surface area contributed by atoms with Gasteiger partial charge in [-0.3, -0.25) is 9.59 Å². The Bertz CT molecular complexity index is 476. The van der Waals surface area contributed by atoms with Crippen molar-refractivity contribution < 1.29 is 19.4 Å². The molecule has 0 aliphatic heterocycles. The minimum Gasteiger partial charge on any atom is -0.480 e. The number of nitrogens with zero attached hydrogens (tertiary/aromatic N) is 1. The molecular weight excluding hydrogens is 314 g/mol. The van der Waals surface area contributed by atoms with Crippen molar-refractivity contribution in [3.63, 3.8) is 0 Å². The van der Waals surface area contributed by atoms with E-state index in [0.29, 0.717) is 12.2 Å². The normalized spacial score (nSPS) is 10.3. The molecule has 0 aromatic heterocycles. The number of carboxylic acids is 1. The largest absolute Gasteiger partial charge is 0.480 e. The first kappa shape index (κ1) is 15.7. The highest BCUT2D eigenvalue weighted by molar-refractivity contribution is 9.10. The number of rotatable bonds is 6. The summed E-state index contributed by atoms with van der Waals surface area (Å²) in [6, 6.07) is 5.19. The smallest absolute Gasteiger partial charge is 0.323 e. The van der Waals surface area contributed by atoms with Crippen LogP contribution >= 0.6 is 15.9 Å². The zero-order valence-electron chi connectivity index (χ0n) is 10.9. The monoisotopic (exact) mass is 329 g/mol. The summed E-state index contributed by atoms with van der Waals surface area (Å²) in [6.45, 7) is 2.12. The maximum absolute atomic E-state index is 12.2. The third-order valence-electron chi connectivity index (χ3n) is 2.60. The molecule has 0 radical (unpaired) electrons. The molecule has 0 fully saturated rings. The zero-order chi connectivity index (χ0) is 14.4. The number of amides is 1. The fraction of sp³-hybridized carbons (Fsp3) is 0.385. The molecule has 0 aliphatic carbocycles. The molecule has 0 saturated heterocycles. The standard InChI is InChI=1S/C13H16BrNO4/c1-9-3-4-10(7-11(9)14)13(18)15(5-6-19-2)8-12(16)17/h3-4,7H,5-6,8H2,1-2H3,(H,16,17). The Morgan fingerprint density at radius 2 is 2.11 bits per heavy atom. The Kier molecular flexibility index (Phi) is 5.98. The number of carboxylic acid groups (broad SMARTS) is 1. The molecule has 1 N–H and O–H groups in total. The lowest BCUT2D eigenvalue weighted by molar-refractivity contribution is -0.137. The van der Waals surface area contributed by atoms with E-state index in [1.807, 2.05) is 13.0 Å². The van der Waals surface area contributed by atoms with E-state index < -0.39 is 5.97 Å². The van der Waals surface area contributed by atoms with Crippen LogP contribution in [0.4, 0.5) is 0 Å². The zero-order valence-corrected chi connectivity index (χ0v) is 12.4. The van der Waals surface area contributed by atoms with Gasteiger partial charge in [-0.15, -0.1) is 0 Å². The van der Waals surface area contributed by atoms with Gasteiger partial charge < -0.3 is 14.7 Å². The summed E-state index contributed by atoms with van der Waals surface area (Å²) in [7, 11) is 1.51. The highest BCUT2D eigenvalue weighted by Crippen LogP contribution is 2.18. The first-order valence-corrected chi connectivity index (χ1v) is 6.51. The van der Waals surface area contributed by atoms with Crippen LogP contribution in [-0.4, -0.2) is 48.7 Å². The van der Waals surface area contributed by atoms with E-state index in [-0.39, 0.29) is 19.0 Å². The number of aryl methyl sites for hydroxylation is 1. The number of benzene rings is 1. The summed E-state index contributed by atoms with van der Waals surface area (Å²) in [5.41, 5.74) is 1.47. The molecule has 0 bridgehead atoms. The number of hydrogen-bond acceptors (Lipinski definition) is 3. The SMILES string of the molecule is COCCN(CC(=O)O)C(=O)c1ccc(C)c(Br)c1. The van der Waals surface area contributed by atoms with Gasteiger partial charge in [0.05, 0.1) is 6.61 Å². The lowest BCUT2D eigenvalue weighted by atomic mass is 10.1. The van der Waals surface area contributed by atoms with Crippen LogP contribution in [0.1, 0.15) is 15.9 Å². The molecule has 0 unspecified atom stereocenters. The van der Waals surface area contributed by atoms with E-state index in [9.17, 15) is 9.59 Å². The Hall–Kier alpha value is -1.40. The molecule has 19 heavy (non-hydrogen) atoms. The predicted octanol–water partition coefficient (Wildman–Crippen LogP) is 1.93. The van der Waals surface area contributed by atoms with Crippen LogP contribution in [0.5, 0.6) is 0 Å². The summed E-state index contributed by atoms with van der Waals surface area (Å²) >= 11 is 3.36. The number of ether oxygens (including phenoxy) is 1. The van der Waals surface area contributed by atoms with Gasteiger partial charge in [-0.25, -0.2) is 0 Å². The van der Waals surface area contributed by atoms with Gasteiger partial charge in [-0.2, -0.15) is 0 Å². The van der Waals surface area contributed by atoms with Crippen molar-refractivity contribution in [2.24, 2.45) is 0 Å². The third kappa shape index (κ3) is 4.65. The van der Waals surface area contributed by atoms with Gasteiger partial charge in [-0.05, 0) is 24.6 Å². The van der Waals surface area contributed by atoms with Gasteiger partial charge in [-0.1, -0.05) is 22.0 Å². The fourth-order valence-electron chi connectivity index (χ4n) is 1.53. The second-order valence-electron chi connectivity index (χ2n) is 4.08. The van der Waals surface area contributed by atoms with Crippen molar-refractivity contribution in [3.05, 3.63) is 33.8 Å². The van der Waals surface area contributed by atoms with E-state index in [4.69, 9.17) is 9.84 Å². The van der Waals surface area contributed by atoms with Crippen LogP contribution in [0.25, 0.3) is 0 Å². The summed E-state index contributed by atoms with van der Waals surface area (Å²) in [5.74, 6) is -1.37. The van der Waals surface area contributed by atoms with Crippen LogP contribution in [0.2, 0.25) is 0 Å². The first-order valence-electron chi connectivity index (χ1n) is 5.72. The third-order valence-corrected chi connectivity index (χ3v) is 3.45. The Morgan fingerprint density at radius 3 is 2.63 bits per heavy atom. The number of hydrogen-bond donors (Lipinski definition) is 1. The molecule has 6 heteroatoms. The number of carbonyl (C=O) groups is 2. The maximum atomic E-state index is 12.2. The second kappa shape index (κ2) is 7.25. The van der Waals surface area contributed by atoms with Crippen LogP contribution in [0, 0.1) is 6.92 Å². The van der Waals surface area contributed by atoms with Crippen molar-refractivity contribution in [2.45, 2.75) is 6.92 Å². The van der Waals surface area contributed by atoms with Gasteiger partial charge in [0, 0.05) is 23.7 Å². The van der Waals surface area contributed by atoms with Gasteiger partial charge in [0.15, 0.2) is 0 Å². The van der Waals surface area contributed by atoms with Gasteiger partial charge in [0.2, 0.25) is 0 Å². The number of methoxy groups -OCH3 is 1. The molecule has 0 aliphatic rings. The quantitative estimate of drug-likeness (QED) is 0.866. The molecule has 1 aromatic carbocycles. The molecule has 104 valence electrons. The number of aliphatic carboxylic acids is 1. The number of halogens is 1. The van der Waals surface area contributed by atoms with Crippen molar-refractivity contribution in [1.82, 2.24) is 4.90 Å². The predicted molar refractivity (Wildman–Crippen MR) is 74.3 cm³/mol. The minimum absolute atomic E-state index is 0.243. The summed E-state index contributed by atoms with van der Waals surface area (Å²) < 4.78 is 5.71. The van der Waals surface area contributed by atoms with Crippen molar-refractivity contribution in [3.8, 4) is 0 Å². The molecular formula is C13H16BrNO4. The topological polar surface area (TPSA) is 66.8 Å². The highest BCUT2D eigenvalue weighted by Gasteiger charge is 2.18. The van der Waals surface area contributed by atoms with Crippen LogP contribution < -0.4 is 0 Å². The second-order valence-corrected chi connectivity index (χ2v) is 4.93. The molecule has 5 nitrogen and oxygen atoms in total. The Morgan fingerprint density at radius 1 is 1.42 bits per heavy atom. The van der Waals surface area contributed by atoms with Gasteiger partial charge >= 0.3 is 5.97 Å². The first-order chi connectivity index (χ1) is 8.95. The molecule has 1 rings (SSSR count). The molecule has 0 atom stereocenters. The van der Waals surface area contributed by atoms with Crippen molar-refractivity contribution in [1.29, 1.82) is 0 Å². The van der Waals surface area contributed by atoms with Crippen LogP contribution in [-0.2, 0) is 9.53 Å². The average molecular weight is 330 g/mol. The number of carbonyl (C=O) groups excluding carboxylic acids is 1. The average Bonchev–Trinajstić information content (AvgIpc) is 2.36. The van der Waals surface area contributed by atoms with E-state index in [1.165, 1.54) is 12.0 Å². The van der Waals surface area contributed by atoms with Gasteiger partial charge in [0.1, 0.15) is 6.54 Å². The minimum atomic E-state index is -1.05. The molecule has 1 aromatic rings. The summed E-state index contributed by atoms with van der Waals surface area (Å²) in [4.78, 5) is 24.3. The van der Waals surface area contributed by atoms with Crippen molar-refractivity contribution in [2.75, 3.05) is 26.8 Å². The lowest BCUT2D eigenvalue weighted by Crippen LogP contribution is -2.38. The van der Waals surface area contributed by atoms with E-state index in [0.717, 1.165) is 10.0 Å². The molecule has 0 heterocycles. The molecule has 1 amide bonds.